The molecule has 216 valence electrons. The van der Waals surface area contributed by atoms with Gasteiger partial charge in [-0.3, -0.25) is 9.69 Å². The molecule has 1 fully saturated rings. The highest BCUT2D eigenvalue weighted by atomic mass is 32.1. The number of carbonyl (C=O) groups is 2. The molecule has 1 atom stereocenters. The zero-order valence-electron chi connectivity index (χ0n) is 23.0. The fraction of sp³-hybridized carbons (Fsp3) is 0.400. The molecule has 0 radical (unpaired) electrons. The molecule has 2 N–H and O–H groups in total. The Bertz CT molecular complexity index is 1280. The molecule has 6 nitrogen and oxygen atoms in total. The average Bonchev–Trinajstić information content (AvgIpc) is 3.57. The number of nitrogens with one attached hydrogen (secondary N) is 1. The number of rotatable bonds is 7. The summed E-state index contributed by atoms with van der Waals surface area (Å²) in [5.74, 6) is -1.42. The average molecular weight is 577 g/mol. The van der Waals surface area contributed by atoms with E-state index < -0.39 is 12.1 Å². The van der Waals surface area contributed by atoms with Crippen LogP contribution in [0.1, 0.15) is 48.0 Å². The zero-order chi connectivity index (χ0) is 29.5. The molecule has 1 aliphatic rings. The van der Waals surface area contributed by atoms with Crippen molar-refractivity contribution in [3.05, 3.63) is 76.0 Å². The lowest BCUT2D eigenvalue weighted by atomic mass is 9.87. The predicted molar refractivity (Wildman–Crippen MR) is 151 cm³/mol. The fourth-order valence-corrected chi connectivity index (χ4v) is 5.16. The van der Waals surface area contributed by atoms with E-state index in [1.54, 1.807) is 7.11 Å². The third kappa shape index (κ3) is 9.09. The van der Waals surface area contributed by atoms with Gasteiger partial charge in [0.2, 0.25) is 0 Å². The Kier molecular flexibility index (Phi) is 10.4. The highest BCUT2D eigenvalue weighted by Crippen LogP contribution is 2.29. The molecule has 3 aromatic rings. The van der Waals surface area contributed by atoms with Crippen LogP contribution in [0.15, 0.2) is 60.0 Å². The lowest BCUT2D eigenvalue weighted by Gasteiger charge is -2.20. The molecule has 40 heavy (non-hydrogen) atoms. The topological polar surface area (TPSA) is 78.9 Å². The molecule has 1 aliphatic heterocycles. The first kappa shape index (κ1) is 31.2. The molecule has 2 heterocycles. The second-order valence-corrected chi connectivity index (χ2v) is 11.7. The van der Waals surface area contributed by atoms with Gasteiger partial charge in [-0.05, 0) is 70.1 Å². The SMILES string of the molecule is COc1cccc(-c2csc(C(=O)NCC3CCN(Cc4ccc(C(C)(C)C)cc4)C3)c2)c1.O=C(O)C(F)(F)F. The van der Waals surface area contributed by atoms with Crippen LogP contribution >= 0.6 is 11.3 Å². The number of hydrogen-bond donors (Lipinski definition) is 2. The number of carboxylic acid groups (broad SMARTS) is 1. The molecular formula is C30H35F3N2O4S. The maximum absolute atomic E-state index is 12.7. The van der Waals surface area contributed by atoms with Gasteiger partial charge in [0.15, 0.2) is 0 Å². The van der Waals surface area contributed by atoms with Crippen LogP contribution < -0.4 is 10.1 Å². The van der Waals surface area contributed by atoms with E-state index in [2.05, 4.69) is 55.3 Å². The third-order valence-electron chi connectivity index (χ3n) is 6.62. The number of nitrogens with zero attached hydrogens (tertiary/aromatic N) is 1. The number of carboxylic acids is 1. The Morgan fingerprint density at radius 1 is 1.07 bits per heavy atom. The molecule has 2 aromatic carbocycles. The number of benzene rings is 2. The Labute approximate surface area is 236 Å². The number of aliphatic carboxylic acids is 1. The highest BCUT2D eigenvalue weighted by Gasteiger charge is 2.38. The minimum atomic E-state index is -5.08. The number of ether oxygens (including phenoxy) is 1. The monoisotopic (exact) mass is 576 g/mol. The van der Waals surface area contributed by atoms with Gasteiger partial charge in [-0.1, -0.05) is 57.2 Å². The van der Waals surface area contributed by atoms with E-state index in [9.17, 15) is 18.0 Å². The zero-order valence-corrected chi connectivity index (χ0v) is 23.9. The number of carbonyl (C=O) groups excluding carboxylic acids is 1. The van der Waals surface area contributed by atoms with E-state index in [0.29, 0.717) is 5.92 Å². The number of methoxy groups -OCH3 is 1. The standard InChI is InChI=1S/C28H34N2O2S.C2HF3O2/c1-28(2,3)24-10-8-20(9-11-24)17-30-13-12-21(18-30)16-29-27(31)26-15-23(19-33-26)22-6-5-7-25(14-22)32-4;3-2(4,5)1(6)7/h5-11,14-15,19,21H,12-13,16-18H2,1-4H3,(H,29,31);(H,6,7). The van der Waals surface area contributed by atoms with Crippen LogP contribution in [0.3, 0.4) is 0 Å². The van der Waals surface area contributed by atoms with Crippen molar-refractivity contribution in [2.45, 2.75) is 45.3 Å². The smallest absolute Gasteiger partial charge is 0.490 e. The van der Waals surface area contributed by atoms with E-state index >= 15 is 0 Å². The lowest BCUT2D eigenvalue weighted by molar-refractivity contribution is -0.192. The van der Waals surface area contributed by atoms with Crippen molar-refractivity contribution < 1.29 is 32.6 Å². The predicted octanol–water partition coefficient (Wildman–Crippen LogP) is 6.61. The third-order valence-corrected chi connectivity index (χ3v) is 7.55. The van der Waals surface area contributed by atoms with Gasteiger partial charge in [-0.15, -0.1) is 11.3 Å². The first-order valence-corrected chi connectivity index (χ1v) is 13.8. The van der Waals surface area contributed by atoms with Gasteiger partial charge in [0.05, 0.1) is 12.0 Å². The number of alkyl halides is 3. The molecule has 1 aromatic heterocycles. The van der Waals surface area contributed by atoms with E-state index in [0.717, 1.165) is 54.4 Å². The molecular weight excluding hydrogens is 541 g/mol. The van der Waals surface area contributed by atoms with Crippen LogP contribution in [0, 0.1) is 5.92 Å². The Balaban J connectivity index is 0.000000559. The van der Waals surface area contributed by atoms with Crippen LogP contribution in [0.25, 0.3) is 11.1 Å². The number of halogens is 3. The van der Waals surface area contributed by atoms with Gasteiger partial charge in [0, 0.05) is 19.6 Å². The molecule has 0 spiro atoms. The highest BCUT2D eigenvalue weighted by molar-refractivity contribution is 7.12. The van der Waals surface area contributed by atoms with Gasteiger partial charge in [0.25, 0.3) is 5.91 Å². The number of thiophene rings is 1. The number of hydrogen-bond acceptors (Lipinski definition) is 5. The maximum Gasteiger partial charge on any atom is 0.490 e. The first-order valence-electron chi connectivity index (χ1n) is 12.9. The summed E-state index contributed by atoms with van der Waals surface area (Å²) in [5, 5.41) is 12.3. The summed E-state index contributed by atoms with van der Waals surface area (Å²) in [6, 6.07) is 18.9. The summed E-state index contributed by atoms with van der Waals surface area (Å²) in [7, 11) is 1.67. The molecule has 1 unspecified atom stereocenters. The molecule has 0 saturated carbocycles. The molecule has 0 bridgehead atoms. The van der Waals surface area contributed by atoms with E-state index in [4.69, 9.17) is 14.6 Å². The Morgan fingerprint density at radius 2 is 1.75 bits per heavy atom. The van der Waals surface area contributed by atoms with Crippen molar-refractivity contribution in [2.75, 3.05) is 26.7 Å². The summed E-state index contributed by atoms with van der Waals surface area (Å²) < 4.78 is 37.0. The molecule has 10 heteroatoms. The van der Waals surface area contributed by atoms with Crippen molar-refractivity contribution in [1.29, 1.82) is 0 Å². The number of likely N-dealkylation sites (tertiary alicyclic amines) is 1. The van der Waals surface area contributed by atoms with Crippen LogP contribution in [-0.4, -0.2) is 54.8 Å². The molecule has 4 rings (SSSR count). The van der Waals surface area contributed by atoms with E-state index in [-0.39, 0.29) is 11.3 Å². The van der Waals surface area contributed by atoms with Crippen molar-refractivity contribution in [1.82, 2.24) is 10.2 Å². The maximum atomic E-state index is 12.7. The van der Waals surface area contributed by atoms with Crippen LogP contribution in [-0.2, 0) is 16.8 Å². The van der Waals surface area contributed by atoms with Gasteiger partial charge in [-0.2, -0.15) is 13.2 Å². The van der Waals surface area contributed by atoms with Crippen LogP contribution in [0.5, 0.6) is 5.75 Å². The summed E-state index contributed by atoms with van der Waals surface area (Å²) in [6.07, 6.45) is -3.96. The normalized spacial score (nSPS) is 15.7. The van der Waals surface area contributed by atoms with Crippen molar-refractivity contribution in [3.63, 3.8) is 0 Å². The summed E-state index contributed by atoms with van der Waals surface area (Å²) in [6.45, 7) is 10.6. The second-order valence-electron chi connectivity index (χ2n) is 10.8. The minimum Gasteiger partial charge on any atom is -0.497 e. The van der Waals surface area contributed by atoms with Crippen molar-refractivity contribution in [2.24, 2.45) is 5.92 Å². The van der Waals surface area contributed by atoms with E-state index in [1.807, 2.05) is 35.7 Å². The van der Waals surface area contributed by atoms with Gasteiger partial charge >= 0.3 is 12.1 Å². The van der Waals surface area contributed by atoms with Crippen molar-refractivity contribution >= 4 is 23.2 Å². The minimum absolute atomic E-state index is 0.0189. The number of amides is 1. The quantitative estimate of drug-likeness (QED) is 0.331. The van der Waals surface area contributed by atoms with Gasteiger partial charge in [0.1, 0.15) is 5.75 Å². The second kappa shape index (κ2) is 13.3. The van der Waals surface area contributed by atoms with E-state index in [1.165, 1.54) is 22.5 Å². The van der Waals surface area contributed by atoms with Gasteiger partial charge < -0.3 is 15.2 Å². The molecule has 1 amide bonds. The first-order chi connectivity index (χ1) is 18.8. The summed E-state index contributed by atoms with van der Waals surface area (Å²) >= 11 is 1.49. The fourth-order valence-electron chi connectivity index (χ4n) is 4.32. The summed E-state index contributed by atoms with van der Waals surface area (Å²) in [4.78, 5) is 24.9. The molecule has 1 saturated heterocycles. The Hall–Kier alpha value is -3.37. The van der Waals surface area contributed by atoms with Gasteiger partial charge in [-0.25, -0.2) is 4.79 Å². The largest absolute Gasteiger partial charge is 0.497 e. The summed E-state index contributed by atoms with van der Waals surface area (Å²) in [5.41, 5.74) is 5.03. The lowest BCUT2D eigenvalue weighted by Crippen LogP contribution is -2.30. The van der Waals surface area contributed by atoms with Crippen LogP contribution in [0.2, 0.25) is 0 Å². The van der Waals surface area contributed by atoms with Crippen molar-refractivity contribution in [3.8, 4) is 16.9 Å². The Morgan fingerprint density at radius 3 is 2.35 bits per heavy atom. The molecule has 0 aliphatic carbocycles. The van der Waals surface area contributed by atoms with Crippen LogP contribution in [0.4, 0.5) is 13.2 Å².